The van der Waals surface area contributed by atoms with E-state index in [1.54, 1.807) is 24.3 Å². The maximum atomic E-state index is 13.3. The number of rotatable bonds is 12. The number of aromatic hydroxyl groups is 1. The molecule has 6 aliphatic rings. The number of likely N-dealkylation sites (tertiary alicyclic amines) is 2. The van der Waals surface area contributed by atoms with E-state index >= 15 is 0 Å². The number of anilines is 1. The third kappa shape index (κ3) is 15.2. The zero-order valence-corrected chi connectivity index (χ0v) is 61.6. The van der Waals surface area contributed by atoms with Gasteiger partial charge >= 0.3 is 0 Å². The van der Waals surface area contributed by atoms with Gasteiger partial charge in [-0.25, -0.2) is 48.6 Å². The van der Waals surface area contributed by atoms with Crippen LogP contribution in [0.4, 0.5) is 5.69 Å². The number of fused-ring (bicyclic) bond motifs is 3. The van der Waals surface area contributed by atoms with Crippen molar-refractivity contribution in [3.63, 3.8) is 0 Å². The Kier molecular flexibility index (Phi) is 20.8. The van der Waals surface area contributed by atoms with Crippen molar-refractivity contribution in [2.75, 3.05) is 38.2 Å². The van der Waals surface area contributed by atoms with Gasteiger partial charge in [0.2, 0.25) is 17.7 Å². The van der Waals surface area contributed by atoms with E-state index in [-0.39, 0.29) is 98.3 Å². The van der Waals surface area contributed by atoms with Crippen molar-refractivity contribution in [2.24, 2.45) is 0 Å². The number of hydrogen-bond donors (Lipinski definition) is 3. The molecule has 0 spiro atoms. The number of hydrogen-bond acceptors (Lipinski definition) is 22. The summed E-state index contributed by atoms with van der Waals surface area (Å²) in [5.74, 6) is 0.981. The molecule has 3 aromatic heterocycles. The Morgan fingerprint density at radius 3 is 1.05 bits per heavy atom. The maximum absolute atomic E-state index is 13.3. The number of phenols is 1. The monoisotopic (exact) mass is 1490 g/mol. The predicted molar refractivity (Wildman–Crippen MR) is 366 cm³/mol. The lowest BCUT2D eigenvalue weighted by molar-refractivity contribution is 0.0977. The van der Waals surface area contributed by atoms with Gasteiger partial charge in [-0.3, -0.25) is 4.18 Å². The molecule has 0 unspecified atom stereocenters. The fourth-order valence-corrected chi connectivity index (χ4v) is 23.0. The van der Waals surface area contributed by atoms with Gasteiger partial charge < -0.3 is 39.0 Å². The predicted octanol–water partition coefficient (Wildman–Crippen LogP) is 12.3. The molecule has 2 aliphatic heterocycles. The van der Waals surface area contributed by atoms with Crippen molar-refractivity contribution >= 4 is 135 Å². The van der Waals surface area contributed by atoms with E-state index in [4.69, 9.17) is 69.6 Å². The molecule has 4 aromatic carbocycles. The Hall–Kier alpha value is -4.36. The van der Waals surface area contributed by atoms with Crippen LogP contribution in [0.3, 0.4) is 0 Å². The van der Waals surface area contributed by atoms with Crippen LogP contribution in [-0.2, 0) is 69.9 Å². The van der Waals surface area contributed by atoms with Gasteiger partial charge in [0.15, 0.2) is 61.8 Å². The first-order chi connectivity index (χ1) is 44.0. The smallest absolute Gasteiger partial charge is 0.264 e. The number of halogens is 4. The summed E-state index contributed by atoms with van der Waals surface area (Å²) in [6.07, 6.45) is 7.75. The number of aliphatic hydroxyl groups excluding tert-OH is 1. The van der Waals surface area contributed by atoms with E-state index < -0.39 is 88.6 Å². The van der Waals surface area contributed by atoms with E-state index in [1.165, 1.54) is 49.9 Å². The average molecular weight is 1490 g/mol. The minimum Gasteiger partial charge on any atom is -0.504 e. The van der Waals surface area contributed by atoms with Crippen LogP contribution < -0.4 is 5.73 Å². The third-order valence-electron chi connectivity index (χ3n) is 18.2. The van der Waals surface area contributed by atoms with Gasteiger partial charge in [0.25, 0.3) is 10.1 Å². The molecule has 0 radical (unpaired) electrons. The van der Waals surface area contributed by atoms with E-state index in [1.807, 2.05) is 62.3 Å². The zero-order chi connectivity index (χ0) is 69.7. The van der Waals surface area contributed by atoms with Crippen LogP contribution in [0.25, 0.3) is 33.3 Å². The topological polar surface area (TPSA) is 331 Å². The number of phenolic OH excluding ortho intramolecular Hbond substituents is 1. The first-order valence-corrected chi connectivity index (χ1v) is 41.0. The largest absolute Gasteiger partial charge is 0.504 e. The van der Waals surface area contributed by atoms with Crippen LogP contribution >= 0.6 is 46.4 Å². The molecule has 7 aromatic rings. The lowest BCUT2D eigenvalue weighted by Crippen LogP contribution is -2.48. The molecular formula is C64H82Cl4N6O16S5. The van der Waals surface area contributed by atoms with Crippen molar-refractivity contribution in [2.45, 2.75) is 220 Å². The number of nitrogen functional groups attached to an aromatic ring is 1. The van der Waals surface area contributed by atoms with Crippen LogP contribution in [0.15, 0.2) is 81.4 Å². The summed E-state index contributed by atoms with van der Waals surface area (Å²) < 4.78 is 148. The molecule has 522 valence electrons. The number of oxazole rings is 3. The SMILES string of the molecule is CC(C)(C)c1nc2ccc(Cl)c(S(=O)(=O)C3CC(N4CCCC4)C3)c2o1.CC(C)(C)c1nc2ccc(Cl)c(S(=O)(=O)C3CC(O)C3)c2o1.CC(C)(C)c1nc2ccc(Cl)c(S(=O)(=O)C3CC(OS(C)(=O)=O)C3)c2o1.Nc1ccc(Cl)c(S(=O)(=O)C2CC(N3CCCC3)C2)c1O. The molecule has 2 saturated heterocycles. The molecule has 4 N–H and O–H groups in total. The highest BCUT2D eigenvalue weighted by Gasteiger charge is 2.48. The number of aromatic nitrogens is 3. The Balaban J connectivity index is 0.000000139. The minimum atomic E-state index is -3.82. The van der Waals surface area contributed by atoms with Gasteiger partial charge in [-0.2, -0.15) is 8.42 Å². The molecule has 0 bridgehead atoms. The molecule has 95 heavy (non-hydrogen) atoms. The molecule has 4 aliphatic carbocycles. The van der Waals surface area contributed by atoms with Gasteiger partial charge in [0.05, 0.1) is 65.2 Å². The summed E-state index contributed by atoms with van der Waals surface area (Å²) in [5, 5.41) is 17.5. The molecule has 6 fully saturated rings. The third-order valence-corrected chi connectivity index (χ3v) is 29.5. The van der Waals surface area contributed by atoms with Crippen molar-refractivity contribution in [1.82, 2.24) is 24.8 Å². The van der Waals surface area contributed by atoms with Crippen LogP contribution in [0.5, 0.6) is 5.75 Å². The highest BCUT2D eigenvalue weighted by molar-refractivity contribution is 7.93. The zero-order valence-electron chi connectivity index (χ0n) is 54.5. The summed E-state index contributed by atoms with van der Waals surface area (Å²) in [6.45, 7) is 21.8. The van der Waals surface area contributed by atoms with Crippen molar-refractivity contribution in [3.05, 3.63) is 86.3 Å². The Morgan fingerprint density at radius 2 is 0.747 bits per heavy atom. The summed E-state index contributed by atoms with van der Waals surface area (Å²) in [5.41, 5.74) is 6.69. The summed E-state index contributed by atoms with van der Waals surface area (Å²) in [4.78, 5) is 17.8. The number of nitrogens with two attached hydrogens (primary N) is 1. The molecule has 4 saturated carbocycles. The number of aliphatic hydroxyl groups is 1. The second kappa shape index (κ2) is 27.0. The quantitative estimate of drug-likeness (QED) is 0.0581. The number of benzene rings is 4. The van der Waals surface area contributed by atoms with Gasteiger partial charge in [-0.15, -0.1) is 0 Å². The first-order valence-electron chi connectivity index (χ1n) is 31.5. The fourth-order valence-electron chi connectivity index (χ4n) is 12.4. The van der Waals surface area contributed by atoms with Gasteiger partial charge in [0, 0.05) is 28.3 Å². The second-order valence-corrected chi connectivity index (χ2v) is 40.6. The normalized spacial score (nSPS) is 23.9. The molecule has 0 amide bonds. The van der Waals surface area contributed by atoms with E-state index in [0.717, 1.165) is 32.4 Å². The molecular weight excluding hydrogens is 1410 g/mol. The van der Waals surface area contributed by atoms with Crippen molar-refractivity contribution in [3.8, 4) is 5.75 Å². The van der Waals surface area contributed by atoms with Gasteiger partial charge in [-0.1, -0.05) is 109 Å². The summed E-state index contributed by atoms with van der Waals surface area (Å²) >= 11 is 24.6. The summed E-state index contributed by atoms with van der Waals surface area (Å²) in [6, 6.07) is 13.2. The van der Waals surface area contributed by atoms with E-state index in [9.17, 15) is 52.3 Å². The Morgan fingerprint density at radius 1 is 0.463 bits per heavy atom. The summed E-state index contributed by atoms with van der Waals surface area (Å²) in [7, 11) is -18.3. The standard InChI is InChI=1S/C19H25ClN2O3S.C16H20ClNO6S2.C15H18ClNO4S.C14H19ClN2O3S/c1-19(2,3)18-21-15-7-6-14(20)17(16(15)25-18)26(23,24)13-10-12(11-13)22-8-4-5-9-22;1-16(2,3)15-18-12-6-5-11(17)14(13(12)23-15)26(21,22)10-7-9(8-10)24-25(4,19)20;1-15(2,3)14-17-11-5-4-10(16)13(12(11)21-14)22(19,20)9-6-8(18)7-9;15-11-3-4-12(16)13(18)14(11)21(19,20)10-7-9(8-10)17-5-1-2-6-17/h6-7,12-13H,4-5,8-11H2,1-3H3;5-6,9-10H,7-8H2,1-4H3;4-5,8-9,18H,6-7H2,1-3H3;3-4,9-10,18H,1-2,5-8,16H2. The first kappa shape index (κ1) is 73.4. The Bertz CT molecular complexity index is 4640. The molecule has 31 heteroatoms. The lowest BCUT2D eigenvalue weighted by Gasteiger charge is -2.40. The molecule has 0 atom stereocenters. The minimum absolute atomic E-state index is 0.00781. The maximum Gasteiger partial charge on any atom is 0.264 e. The van der Waals surface area contributed by atoms with E-state index in [2.05, 4.69) is 24.8 Å². The van der Waals surface area contributed by atoms with Gasteiger partial charge in [-0.05, 0) is 152 Å². The number of sulfone groups is 4. The van der Waals surface area contributed by atoms with Gasteiger partial charge in [0.1, 0.15) is 36.1 Å². The van der Waals surface area contributed by atoms with Crippen molar-refractivity contribution < 1.29 is 69.7 Å². The van der Waals surface area contributed by atoms with Crippen LogP contribution in [0.1, 0.15) is 157 Å². The van der Waals surface area contributed by atoms with Crippen LogP contribution in [0, 0.1) is 0 Å². The Labute approximate surface area is 575 Å². The highest BCUT2D eigenvalue weighted by atomic mass is 35.5. The van der Waals surface area contributed by atoms with Crippen LogP contribution in [0.2, 0.25) is 20.1 Å². The van der Waals surface area contributed by atoms with E-state index in [0.29, 0.717) is 77.6 Å². The molecule has 22 nitrogen and oxygen atoms in total. The van der Waals surface area contributed by atoms with Crippen molar-refractivity contribution in [1.29, 1.82) is 0 Å². The van der Waals surface area contributed by atoms with Crippen LogP contribution in [-0.4, -0.2) is 155 Å². The highest BCUT2D eigenvalue weighted by Crippen LogP contribution is 2.47. The fraction of sp³-hybridized carbons (Fsp3) is 0.578. The molecule has 13 rings (SSSR count). The molecule has 5 heterocycles. The number of nitrogens with zero attached hydrogens (tertiary/aromatic N) is 5. The lowest BCUT2D eigenvalue weighted by atomic mass is 9.91. The average Bonchev–Trinajstić information content (AvgIpc) is 1.75. The second-order valence-electron chi connectivity index (χ2n) is 28.7.